The van der Waals surface area contributed by atoms with Crippen molar-refractivity contribution < 1.29 is 23.5 Å². The highest BCUT2D eigenvalue weighted by Crippen LogP contribution is 2.35. The van der Waals surface area contributed by atoms with Crippen molar-refractivity contribution in [2.45, 2.75) is 0 Å². The smallest absolute Gasteiger partial charge is 0.340 e. The summed E-state index contributed by atoms with van der Waals surface area (Å²) in [6, 6.07) is 8.35. The number of carboxylic acids is 1. The lowest BCUT2D eigenvalue weighted by molar-refractivity contribution is 0.0699. The molecule has 0 aliphatic carbocycles. The van der Waals surface area contributed by atoms with Crippen LogP contribution in [0.2, 0.25) is 0 Å². The summed E-state index contributed by atoms with van der Waals surface area (Å²) < 4.78 is 15.9. The molecular formula is C14H10O5. The fourth-order valence-corrected chi connectivity index (χ4v) is 2.00. The Morgan fingerprint density at radius 1 is 1.32 bits per heavy atom. The largest absolute Gasteiger partial charge is 0.497 e. The van der Waals surface area contributed by atoms with E-state index in [0.717, 1.165) is 0 Å². The van der Waals surface area contributed by atoms with Crippen LogP contribution >= 0.6 is 0 Å². The van der Waals surface area contributed by atoms with E-state index >= 15 is 0 Å². The standard InChI is InChI=1S/C14H10O5/c1-17-8-4-5-10-9(7-8)12(14(15)16)13(19-10)11-3-2-6-18-11/h2-7H,1H3,(H,15,16). The number of hydrogen-bond donors (Lipinski definition) is 1. The summed E-state index contributed by atoms with van der Waals surface area (Å²) in [6.07, 6.45) is 1.47. The molecule has 0 saturated heterocycles. The molecular weight excluding hydrogens is 248 g/mol. The van der Waals surface area contributed by atoms with Gasteiger partial charge in [0.05, 0.1) is 13.4 Å². The molecule has 2 heterocycles. The van der Waals surface area contributed by atoms with E-state index in [-0.39, 0.29) is 11.3 Å². The van der Waals surface area contributed by atoms with Crippen molar-refractivity contribution in [1.82, 2.24) is 0 Å². The Hall–Kier alpha value is -2.69. The van der Waals surface area contributed by atoms with Gasteiger partial charge in [-0.1, -0.05) is 0 Å². The number of aromatic carboxylic acids is 1. The third-order valence-corrected chi connectivity index (χ3v) is 2.85. The normalized spacial score (nSPS) is 10.8. The van der Waals surface area contributed by atoms with Crippen molar-refractivity contribution in [2.24, 2.45) is 0 Å². The second-order valence-corrected chi connectivity index (χ2v) is 3.95. The third-order valence-electron chi connectivity index (χ3n) is 2.85. The lowest BCUT2D eigenvalue weighted by Crippen LogP contribution is -1.96. The first kappa shape index (κ1) is 11.4. The van der Waals surface area contributed by atoms with E-state index in [1.165, 1.54) is 13.4 Å². The maximum absolute atomic E-state index is 11.4. The van der Waals surface area contributed by atoms with Crippen molar-refractivity contribution >= 4 is 16.9 Å². The monoisotopic (exact) mass is 258 g/mol. The summed E-state index contributed by atoms with van der Waals surface area (Å²) in [6.45, 7) is 0. The molecule has 0 spiro atoms. The van der Waals surface area contributed by atoms with Crippen molar-refractivity contribution in [2.75, 3.05) is 7.11 Å². The van der Waals surface area contributed by atoms with Crippen LogP contribution in [-0.4, -0.2) is 18.2 Å². The molecule has 2 aromatic heterocycles. The van der Waals surface area contributed by atoms with E-state index in [0.29, 0.717) is 22.5 Å². The minimum Gasteiger partial charge on any atom is -0.497 e. The average molecular weight is 258 g/mol. The number of furan rings is 2. The summed E-state index contributed by atoms with van der Waals surface area (Å²) in [5, 5.41) is 9.86. The maximum atomic E-state index is 11.4. The number of fused-ring (bicyclic) bond motifs is 1. The molecule has 5 heteroatoms. The lowest BCUT2D eigenvalue weighted by Gasteiger charge is -1.98. The van der Waals surface area contributed by atoms with Crippen LogP contribution in [0.3, 0.4) is 0 Å². The van der Waals surface area contributed by atoms with Gasteiger partial charge < -0.3 is 18.7 Å². The third kappa shape index (κ3) is 1.76. The van der Waals surface area contributed by atoms with Crippen LogP contribution in [0.25, 0.3) is 22.5 Å². The van der Waals surface area contributed by atoms with E-state index < -0.39 is 5.97 Å². The van der Waals surface area contributed by atoms with Crippen molar-refractivity contribution in [3.05, 3.63) is 42.2 Å². The van der Waals surface area contributed by atoms with Gasteiger partial charge in [-0.25, -0.2) is 4.79 Å². The van der Waals surface area contributed by atoms with Crippen LogP contribution in [0.4, 0.5) is 0 Å². The molecule has 0 aliphatic rings. The summed E-state index contributed by atoms with van der Waals surface area (Å²) in [4.78, 5) is 11.4. The zero-order chi connectivity index (χ0) is 13.4. The Balaban J connectivity index is 2.34. The highest BCUT2D eigenvalue weighted by Gasteiger charge is 2.23. The summed E-state index contributed by atoms with van der Waals surface area (Å²) in [5.74, 6) is 0.0912. The number of rotatable bonds is 3. The second kappa shape index (κ2) is 4.20. The van der Waals surface area contributed by atoms with Crippen LogP contribution in [0.1, 0.15) is 10.4 Å². The molecule has 0 radical (unpaired) electrons. The fraction of sp³-hybridized carbons (Fsp3) is 0.0714. The molecule has 3 rings (SSSR count). The molecule has 1 N–H and O–H groups in total. The first-order valence-electron chi connectivity index (χ1n) is 5.58. The van der Waals surface area contributed by atoms with E-state index in [1.807, 2.05) is 0 Å². The van der Waals surface area contributed by atoms with E-state index in [2.05, 4.69) is 0 Å². The Bertz CT molecular complexity index is 737. The fourth-order valence-electron chi connectivity index (χ4n) is 2.00. The van der Waals surface area contributed by atoms with Crippen molar-refractivity contribution in [1.29, 1.82) is 0 Å². The number of benzene rings is 1. The van der Waals surface area contributed by atoms with Gasteiger partial charge in [0.1, 0.15) is 16.9 Å². The van der Waals surface area contributed by atoms with Crippen LogP contribution < -0.4 is 4.74 Å². The van der Waals surface area contributed by atoms with Gasteiger partial charge in [-0.2, -0.15) is 0 Å². The Labute approximate surface area is 108 Å². The average Bonchev–Trinajstić information content (AvgIpc) is 3.04. The van der Waals surface area contributed by atoms with E-state index in [4.69, 9.17) is 13.6 Å². The van der Waals surface area contributed by atoms with Gasteiger partial charge in [-0.3, -0.25) is 0 Å². The number of hydrogen-bond acceptors (Lipinski definition) is 4. The highest BCUT2D eigenvalue weighted by atomic mass is 16.5. The first-order valence-corrected chi connectivity index (χ1v) is 5.58. The van der Waals surface area contributed by atoms with Crippen LogP contribution in [0.15, 0.2) is 45.4 Å². The van der Waals surface area contributed by atoms with Gasteiger partial charge in [0.25, 0.3) is 0 Å². The zero-order valence-corrected chi connectivity index (χ0v) is 10.0. The Kier molecular flexibility index (Phi) is 2.52. The summed E-state index contributed by atoms with van der Waals surface area (Å²) >= 11 is 0. The van der Waals surface area contributed by atoms with Gasteiger partial charge in [0.2, 0.25) is 0 Å². The molecule has 19 heavy (non-hydrogen) atoms. The first-order chi connectivity index (χ1) is 9.20. The maximum Gasteiger partial charge on any atom is 0.340 e. The van der Waals surface area contributed by atoms with E-state index in [9.17, 15) is 9.90 Å². The molecule has 0 bridgehead atoms. The van der Waals surface area contributed by atoms with E-state index in [1.54, 1.807) is 30.3 Å². The predicted octanol–water partition coefficient (Wildman–Crippen LogP) is 3.40. The number of methoxy groups -OCH3 is 1. The molecule has 0 saturated carbocycles. The number of carbonyl (C=O) groups is 1. The second-order valence-electron chi connectivity index (χ2n) is 3.95. The molecule has 0 aliphatic heterocycles. The molecule has 1 aromatic carbocycles. The lowest BCUT2D eigenvalue weighted by atomic mass is 10.1. The molecule has 0 atom stereocenters. The SMILES string of the molecule is COc1ccc2oc(-c3ccco3)c(C(=O)O)c2c1. The topological polar surface area (TPSA) is 72.8 Å². The Morgan fingerprint density at radius 3 is 2.79 bits per heavy atom. The van der Waals surface area contributed by atoms with Crippen LogP contribution in [-0.2, 0) is 0 Å². The zero-order valence-electron chi connectivity index (χ0n) is 10.0. The van der Waals surface area contributed by atoms with Gasteiger partial charge in [0.15, 0.2) is 11.5 Å². The minimum atomic E-state index is -1.07. The minimum absolute atomic E-state index is 0.0730. The highest BCUT2D eigenvalue weighted by molar-refractivity contribution is 6.07. The molecule has 0 unspecified atom stereocenters. The molecule has 96 valence electrons. The Morgan fingerprint density at radius 2 is 2.16 bits per heavy atom. The van der Waals surface area contributed by atoms with Crippen molar-refractivity contribution in [3.63, 3.8) is 0 Å². The molecule has 0 fully saturated rings. The quantitative estimate of drug-likeness (QED) is 0.779. The van der Waals surface area contributed by atoms with Gasteiger partial charge in [0, 0.05) is 5.39 Å². The van der Waals surface area contributed by atoms with Gasteiger partial charge in [-0.15, -0.1) is 0 Å². The predicted molar refractivity (Wildman–Crippen MR) is 67.4 cm³/mol. The van der Waals surface area contributed by atoms with Gasteiger partial charge >= 0.3 is 5.97 Å². The molecule has 5 nitrogen and oxygen atoms in total. The van der Waals surface area contributed by atoms with Crippen molar-refractivity contribution in [3.8, 4) is 17.3 Å². The summed E-state index contributed by atoms with van der Waals surface area (Å²) in [5.41, 5.74) is 0.549. The van der Waals surface area contributed by atoms with Crippen LogP contribution in [0, 0.1) is 0 Å². The van der Waals surface area contributed by atoms with Crippen LogP contribution in [0.5, 0.6) is 5.75 Å². The van der Waals surface area contributed by atoms with Gasteiger partial charge in [-0.05, 0) is 30.3 Å². The number of ether oxygens (including phenoxy) is 1. The molecule has 0 amide bonds. The number of carboxylic acid groups (broad SMARTS) is 1. The molecule has 3 aromatic rings. The summed E-state index contributed by atoms with van der Waals surface area (Å²) in [7, 11) is 1.52.